The summed E-state index contributed by atoms with van der Waals surface area (Å²) in [7, 11) is 0. The Kier molecular flexibility index (Phi) is 6.59. The predicted octanol–water partition coefficient (Wildman–Crippen LogP) is -3.45. The van der Waals surface area contributed by atoms with Crippen molar-refractivity contribution < 1.29 is 45.0 Å². The summed E-state index contributed by atoms with van der Waals surface area (Å²) >= 11 is 0. The van der Waals surface area contributed by atoms with E-state index in [4.69, 9.17) is 15.6 Å². The average Bonchev–Trinajstić information content (AvgIpc) is 2.49. The van der Waals surface area contributed by atoms with Crippen LogP contribution in [0, 0.1) is 5.92 Å². The van der Waals surface area contributed by atoms with E-state index in [1.807, 2.05) is 0 Å². The SMILES string of the molecule is CCCC(=O)C1[C@H](O)[C@@H](N)[C@H]([C@H](O)[C@H](O)CO)OC1(O)C(=O)O. The van der Waals surface area contributed by atoms with Gasteiger partial charge in [0.05, 0.1) is 18.8 Å². The van der Waals surface area contributed by atoms with E-state index in [9.17, 15) is 35.1 Å². The molecule has 0 aromatic carbocycles. The van der Waals surface area contributed by atoms with Gasteiger partial charge in [-0.25, -0.2) is 4.79 Å². The molecule has 1 rings (SSSR count). The van der Waals surface area contributed by atoms with Gasteiger partial charge in [-0.2, -0.15) is 0 Å². The fraction of sp³-hybridized carbons (Fsp3) is 0.846. The number of aliphatic carboxylic acids is 1. The minimum Gasteiger partial charge on any atom is -0.477 e. The van der Waals surface area contributed by atoms with Crippen LogP contribution in [0.5, 0.6) is 0 Å². The van der Waals surface area contributed by atoms with Crippen LogP contribution in [0.3, 0.4) is 0 Å². The number of carbonyl (C=O) groups excluding carboxylic acids is 1. The van der Waals surface area contributed by atoms with E-state index in [1.54, 1.807) is 6.92 Å². The van der Waals surface area contributed by atoms with Crippen LogP contribution in [0.25, 0.3) is 0 Å². The molecule has 1 aliphatic heterocycles. The number of ketones is 1. The molecule has 7 atom stereocenters. The van der Waals surface area contributed by atoms with Crippen molar-refractivity contribution in [3.05, 3.63) is 0 Å². The third-order valence-electron chi connectivity index (χ3n) is 3.92. The molecule has 1 saturated heterocycles. The Balaban J connectivity index is 3.21. The zero-order valence-electron chi connectivity index (χ0n) is 12.6. The second kappa shape index (κ2) is 7.62. The first-order valence-corrected chi connectivity index (χ1v) is 7.18. The van der Waals surface area contributed by atoms with Crippen LogP contribution in [-0.4, -0.2) is 85.2 Å². The maximum Gasteiger partial charge on any atom is 0.365 e. The van der Waals surface area contributed by atoms with Gasteiger partial charge in [0.25, 0.3) is 5.79 Å². The van der Waals surface area contributed by atoms with Crippen LogP contribution in [-0.2, 0) is 14.3 Å². The largest absolute Gasteiger partial charge is 0.477 e. The first-order chi connectivity index (χ1) is 10.6. The van der Waals surface area contributed by atoms with E-state index >= 15 is 0 Å². The van der Waals surface area contributed by atoms with Crippen LogP contribution in [0.15, 0.2) is 0 Å². The van der Waals surface area contributed by atoms with Gasteiger partial charge < -0.3 is 41.1 Å². The number of hydrogen-bond donors (Lipinski definition) is 7. The van der Waals surface area contributed by atoms with E-state index < -0.39 is 60.5 Å². The second-order valence-corrected chi connectivity index (χ2v) is 5.59. The lowest BCUT2D eigenvalue weighted by Crippen LogP contribution is -2.71. The van der Waals surface area contributed by atoms with Gasteiger partial charge in [0, 0.05) is 6.42 Å². The van der Waals surface area contributed by atoms with Gasteiger partial charge in [0.2, 0.25) is 0 Å². The summed E-state index contributed by atoms with van der Waals surface area (Å²) in [6.07, 6.45) is -6.91. The Morgan fingerprint density at radius 3 is 2.35 bits per heavy atom. The summed E-state index contributed by atoms with van der Waals surface area (Å²) in [5.41, 5.74) is 5.68. The van der Waals surface area contributed by atoms with E-state index in [0.717, 1.165) is 0 Å². The van der Waals surface area contributed by atoms with Gasteiger partial charge in [0.1, 0.15) is 30.0 Å². The molecular formula is C13H23NO9. The lowest BCUT2D eigenvalue weighted by Gasteiger charge is -2.47. The minimum absolute atomic E-state index is 0.111. The molecule has 0 aromatic rings. The van der Waals surface area contributed by atoms with Crippen LogP contribution in [0.4, 0.5) is 0 Å². The second-order valence-electron chi connectivity index (χ2n) is 5.59. The summed E-state index contributed by atoms with van der Waals surface area (Å²) in [5.74, 6) is -7.64. The Morgan fingerprint density at radius 2 is 1.91 bits per heavy atom. The molecule has 0 bridgehead atoms. The highest BCUT2D eigenvalue weighted by molar-refractivity contribution is 5.90. The Bertz CT molecular complexity index is 445. The first kappa shape index (κ1) is 19.9. The molecule has 2 unspecified atom stereocenters. The van der Waals surface area contributed by atoms with Crippen molar-refractivity contribution in [2.45, 2.75) is 56.0 Å². The summed E-state index contributed by atoms with van der Waals surface area (Å²) < 4.78 is 4.91. The van der Waals surface area contributed by atoms with E-state index in [1.165, 1.54) is 0 Å². The molecule has 1 fully saturated rings. The molecule has 1 aliphatic rings. The smallest absolute Gasteiger partial charge is 0.365 e. The van der Waals surface area contributed by atoms with Gasteiger partial charge >= 0.3 is 5.97 Å². The molecule has 0 amide bonds. The molecule has 10 heteroatoms. The van der Waals surface area contributed by atoms with Gasteiger partial charge in [0.15, 0.2) is 0 Å². The summed E-state index contributed by atoms with van der Waals surface area (Å²) in [6.45, 7) is 0.769. The molecule has 0 spiro atoms. The predicted molar refractivity (Wildman–Crippen MR) is 73.9 cm³/mol. The Hall–Kier alpha value is -1.14. The van der Waals surface area contributed by atoms with Crippen molar-refractivity contribution in [3.63, 3.8) is 0 Å². The third-order valence-corrected chi connectivity index (χ3v) is 3.92. The number of carboxylic acid groups (broad SMARTS) is 1. The van der Waals surface area contributed by atoms with E-state index in [2.05, 4.69) is 0 Å². The topological polar surface area (TPSA) is 191 Å². The van der Waals surface area contributed by atoms with Crippen molar-refractivity contribution in [1.29, 1.82) is 0 Å². The normalized spacial score (nSPS) is 37.2. The third kappa shape index (κ3) is 3.69. The van der Waals surface area contributed by atoms with Crippen LogP contribution in [0.1, 0.15) is 19.8 Å². The molecule has 0 aliphatic carbocycles. The van der Waals surface area contributed by atoms with Crippen LogP contribution in [0.2, 0.25) is 0 Å². The van der Waals surface area contributed by atoms with Crippen LogP contribution >= 0.6 is 0 Å². The number of aliphatic hydroxyl groups is 5. The highest BCUT2D eigenvalue weighted by Crippen LogP contribution is 2.36. The monoisotopic (exact) mass is 337 g/mol. The molecule has 1 heterocycles. The molecule has 8 N–H and O–H groups in total. The standard InChI is InChI=1S/C13H23NO9/c1-2-3-5(16)7-10(19)8(14)11(9(18)6(17)4-15)23-13(7,22)12(20)21/h6-11,15,17-19,22H,2-4,14H2,1H3,(H,20,21)/t6-,7?,8-,9-,10+,11-,13?/m1/s1. The number of hydrogen-bond acceptors (Lipinski definition) is 9. The molecule has 10 nitrogen and oxygen atoms in total. The molecule has 134 valence electrons. The highest BCUT2D eigenvalue weighted by Gasteiger charge is 2.61. The molecular weight excluding hydrogens is 314 g/mol. The van der Waals surface area contributed by atoms with Crippen LogP contribution < -0.4 is 5.73 Å². The summed E-state index contributed by atoms with van der Waals surface area (Å²) in [5, 5.41) is 57.8. The lowest BCUT2D eigenvalue weighted by molar-refractivity contribution is -0.311. The molecule has 0 radical (unpaired) electrons. The van der Waals surface area contributed by atoms with E-state index in [-0.39, 0.29) is 6.42 Å². The van der Waals surface area contributed by atoms with Crippen molar-refractivity contribution in [3.8, 4) is 0 Å². The fourth-order valence-corrected chi connectivity index (χ4v) is 2.63. The number of aliphatic hydroxyl groups excluding tert-OH is 4. The number of Topliss-reactive ketones (excluding diaryl/α,β-unsaturated/α-hetero) is 1. The zero-order chi connectivity index (χ0) is 17.9. The van der Waals surface area contributed by atoms with Gasteiger partial charge in [-0.15, -0.1) is 0 Å². The lowest BCUT2D eigenvalue weighted by atomic mass is 9.77. The van der Waals surface area contributed by atoms with Crippen molar-refractivity contribution in [1.82, 2.24) is 0 Å². The van der Waals surface area contributed by atoms with Gasteiger partial charge in [-0.3, -0.25) is 4.79 Å². The Labute approximate surface area is 132 Å². The van der Waals surface area contributed by atoms with Gasteiger partial charge in [-0.05, 0) is 6.42 Å². The number of rotatable bonds is 7. The molecule has 0 saturated carbocycles. The molecule has 23 heavy (non-hydrogen) atoms. The maximum atomic E-state index is 12.1. The fourth-order valence-electron chi connectivity index (χ4n) is 2.63. The summed E-state index contributed by atoms with van der Waals surface area (Å²) in [6, 6.07) is -1.46. The number of ether oxygens (including phenoxy) is 1. The first-order valence-electron chi connectivity index (χ1n) is 7.18. The quantitative estimate of drug-likeness (QED) is 0.246. The highest BCUT2D eigenvalue weighted by atomic mass is 16.7. The van der Waals surface area contributed by atoms with Crippen molar-refractivity contribution in [2.24, 2.45) is 11.7 Å². The van der Waals surface area contributed by atoms with Crippen molar-refractivity contribution in [2.75, 3.05) is 6.61 Å². The zero-order valence-corrected chi connectivity index (χ0v) is 12.6. The number of carboxylic acids is 1. The van der Waals surface area contributed by atoms with E-state index in [0.29, 0.717) is 6.42 Å². The van der Waals surface area contributed by atoms with Gasteiger partial charge in [-0.1, -0.05) is 6.92 Å². The minimum atomic E-state index is -3.11. The number of nitrogens with two attached hydrogens (primary N) is 1. The average molecular weight is 337 g/mol. The maximum absolute atomic E-state index is 12.1. The van der Waals surface area contributed by atoms with Crippen molar-refractivity contribution >= 4 is 11.8 Å². The number of carbonyl (C=O) groups is 2. The Morgan fingerprint density at radius 1 is 1.35 bits per heavy atom. The molecule has 0 aromatic heterocycles. The summed E-state index contributed by atoms with van der Waals surface area (Å²) in [4.78, 5) is 23.5.